The number of amides is 1. The van der Waals surface area contributed by atoms with E-state index in [1.165, 1.54) is 23.7 Å². The summed E-state index contributed by atoms with van der Waals surface area (Å²) < 4.78 is 6.25. The number of esters is 1. The van der Waals surface area contributed by atoms with Gasteiger partial charge in [0, 0.05) is 11.1 Å². The number of anilines is 1. The first-order chi connectivity index (χ1) is 11.9. The van der Waals surface area contributed by atoms with Crippen molar-refractivity contribution in [1.82, 2.24) is 9.78 Å². The van der Waals surface area contributed by atoms with Gasteiger partial charge in [0.25, 0.3) is 5.91 Å². The molecule has 0 fully saturated rings. The molecule has 0 spiro atoms. The fourth-order valence-corrected chi connectivity index (χ4v) is 3.52. The predicted octanol–water partition coefficient (Wildman–Crippen LogP) is 2.33. The molecule has 9 heteroatoms. The highest BCUT2D eigenvalue weighted by Crippen LogP contribution is 2.34. The molecule has 0 aromatic carbocycles. The summed E-state index contributed by atoms with van der Waals surface area (Å²) in [5.41, 5.74) is 1.43. The monoisotopic (exact) mass is 365 g/mol. The van der Waals surface area contributed by atoms with Crippen LogP contribution in [0, 0.1) is 6.92 Å². The summed E-state index contributed by atoms with van der Waals surface area (Å²) >= 11 is 1.31. The van der Waals surface area contributed by atoms with E-state index in [4.69, 9.17) is 9.84 Å². The highest BCUT2D eigenvalue weighted by molar-refractivity contribution is 7.16. The van der Waals surface area contributed by atoms with E-state index >= 15 is 0 Å². The van der Waals surface area contributed by atoms with Gasteiger partial charge in [-0.3, -0.25) is 14.3 Å². The maximum Gasteiger partial charge on any atom is 0.341 e. The van der Waals surface area contributed by atoms with E-state index in [2.05, 4.69) is 10.4 Å². The van der Waals surface area contributed by atoms with Gasteiger partial charge in [-0.1, -0.05) is 6.92 Å². The SMILES string of the molecule is CCOC(=O)c1c(NC(=O)c2cnn(CC(=O)O)c2)sc(C)c1CC. The van der Waals surface area contributed by atoms with Crippen molar-refractivity contribution < 1.29 is 24.2 Å². The van der Waals surface area contributed by atoms with Crippen LogP contribution in [0.3, 0.4) is 0 Å². The average molecular weight is 365 g/mol. The highest BCUT2D eigenvalue weighted by atomic mass is 32.1. The van der Waals surface area contributed by atoms with E-state index < -0.39 is 17.8 Å². The Kier molecular flexibility index (Phi) is 5.92. The van der Waals surface area contributed by atoms with Gasteiger partial charge in [-0.25, -0.2) is 4.79 Å². The Balaban J connectivity index is 2.27. The number of nitrogens with one attached hydrogen (secondary N) is 1. The molecular weight excluding hydrogens is 346 g/mol. The molecule has 0 unspecified atom stereocenters. The Morgan fingerprint density at radius 2 is 2.08 bits per heavy atom. The number of aryl methyl sites for hydroxylation is 1. The molecule has 2 aromatic heterocycles. The zero-order valence-corrected chi connectivity index (χ0v) is 15.0. The molecule has 8 nitrogen and oxygen atoms in total. The second-order valence-corrected chi connectivity index (χ2v) is 6.41. The van der Waals surface area contributed by atoms with Gasteiger partial charge in [-0.15, -0.1) is 11.3 Å². The van der Waals surface area contributed by atoms with E-state index in [0.717, 1.165) is 15.1 Å². The van der Waals surface area contributed by atoms with Crippen LogP contribution in [-0.2, 0) is 22.5 Å². The van der Waals surface area contributed by atoms with Crippen molar-refractivity contribution >= 4 is 34.2 Å². The first kappa shape index (κ1) is 18.7. The number of ether oxygens (including phenoxy) is 1. The lowest BCUT2D eigenvalue weighted by Gasteiger charge is -2.07. The molecule has 134 valence electrons. The number of hydrogen-bond donors (Lipinski definition) is 2. The lowest BCUT2D eigenvalue weighted by molar-refractivity contribution is -0.137. The summed E-state index contributed by atoms with van der Waals surface area (Å²) in [5.74, 6) is -1.99. The number of thiophene rings is 1. The second kappa shape index (κ2) is 7.93. The van der Waals surface area contributed by atoms with E-state index in [-0.39, 0.29) is 18.7 Å². The van der Waals surface area contributed by atoms with E-state index in [1.54, 1.807) is 6.92 Å². The molecule has 0 aliphatic carbocycles. The van der Waals surface area contributed by atoms with Crippen LogP contribution < -0.4 is 5.32 Å². The van der Waals surface area contributed by atoms with Gasteiger partial charge in [0.1, 0.15) is 11.5 Å². The molecule has 0 saturated heterocycles. The topological polar surface area (TPSA) is 111 Å². The molecule has 2 aromatic rings. The highest BCUT2D eigenvalue weighted by Gasteiger charge is 2.24. The van der Waals surface area contributed by atoms with E-state index in [9.17, 15) is 14.4 Å². The summed E-state index contributed by atoms with van der Waals surface area (Å²) in [6.45, 7) is 5.44. The predicted molar refractivity (Wildman–Crippen MR) is 92.2 cm³/mol. The second-order valence-electron chi connectivity index (χ2n) is 5.19. The number of rotatable bonds is 7. The first-order valence-corrected chi connectivity index (χ1v) is 8.53. The molecule has 0 radical (unpaired) electrons. The number of nitrogens with zero attached hydrogens (tertiary/aromatic N) is 2. The molecule has 0 atom stereocenters. The van der Waals surface area contributed by atoms with Crippen LogP contribution in [-0.4, -0.2) is 39.3 Å². The van der Waals surface area contributed by atoms with Gasteiger partial charge in [0.2, 0.25) is 0 Å². The fourth-order valence-electron chi connectivity index (χ4n) is 2.39. The molecule has 0 aliphatic heterocycles. The van der Waals surface area contributed by atoms with Gasteiger partial charge in [-0.05, 0) is 25.8 Å². The van der Waals surface area contributed by atoms with Gasteiger partial charge >= 0.3 is 11.9 Å². The largest absolute Gasteiger partial charge is 0.480 e. The third-order valence-electron chi connectivity index (χ3n) is 3.46. The Morgan fingerprint density at radius 3 is 2.68 bits per heavy atom. The van der Waals surface area contributed by atoms with Crippen LogP contribution >= 0.6 is 11.3 Å². The van der Waals surface area contributed by atoms with E-state index in [0.29, 0.717) is 17.0 Å². The summed E-state index contributed by atoms with van der Waals surface area (Å²) in [4.78, 5) is 36.3. The molecule has 2 N–H and O–H groups in total. The molecule has 2 heterocycles. The molecule has 2 rings (SSSR count). The summed E-state index contributed by atoms with van der Waals surface area (Å²) in [6.07, 6.45) is 3.26. The summed E-state index contributed by atoms with van der Waals surface area (Å²) in [7, 11) is 0. The van der Waals surface area contributed by atoms with Crippen LogP contribution in [0.5, 0.6) is 0 Å². The third kappa shape index (κ3) is 4.24. The van der Waals surface area contributed by atoms with Crippen molar-refractivity contribution in [2.45, 2.75) is 33.7 Å². The van der Waals surface area contributed by atoms with Gasteiger partial charge in [-0.2, -0.15) is 5.10 Å². The van der Waals surface area contributed by atoms with Gasteiger partial charge in [0.05, 0.1) is 23.9 Å². The fraction of sp³-hybridized carbons (Fsp3) is 0.375. The maximum atomic E-state index is 12.4. The van der Waals surface area contributed by atoms with Crippen LogP contribution in [0.25, 0.3) is 0 Å². The van der Waals surface area contributed by atoms with Gasteiger partial charge < -0.3 is 15.2 Å². The van der Waals surface area contributed by atoms with Crippen LogP contribution in [0.1, 0.15) is 45.0 Å². The zero-order chi connectivity index (χ0) is 18.6. The average Bonchev–Trinajstić information content (AvgIpc) is 3.11. The number of aliphatic carboxylic acids is 1. The van der Waals surface area contributed by atoms with Crippen LogP contribution in [0.15, 0.2) is 12.4 Å². The first-order valence-electron chi connectivity index (χ1n) is 7.72. The Hall–Kier alpha value is -2.68. The quantitative estimate of drug-likeness (QED) is 0.729. The molecule has 1 amide bonds. The van der Waals surface area contributed by atoms with E-state index in [1.807, 2.05) is 13.8 Å². The van der Waals surface area contributed by atoms with Gasteiger partial charge in [0.15, 0.2) is 0 Å². The molecule has 0 aliphatic rings. The van der Waals surface area contributed by atoms with Crippen molar-refractivity contribution in [3.63, 3.8) is 0 Å². The number of carbonyl (C=O) groups is 3. The summed E-state index contributed by atoms with van der Waals surface area (Å²) in [6, 6.07) is 0. The third-order valence-corrected chi connectivity index (χ3v) is 4.52. The normalized spacial score (nSPS) is 10.5. The van der Waals surface area contributed by atoms with Crippen molar-refractivity contribution in [2.75, 3.05) is 11.9 Å². The van der Waals surface area contributed by atoms with Crippen LogP contribution in [0.2, 0.25) is 0 Å². The molecule has 0 saturated carbocycles. The standard InChI is InChI=1S/C16H19N3O5S/c1-4-11-9(3)25-15(13(11)16(23)24-5-2)18-14(22)10-6-17-19(7-10)8-12(20)21/h6-7H,4-5,8H2,1-3H3,(H,18,22)(H,20,21). The maximum absolute atomic E-state index is 12.4. The zero-order valence-electron chi connectivity index (χ0n) is 14.2. The smallest absolute Gasteiger partial charge is 0.341 e. The lowest BCUT2D eigenvalue weighted by atomic mass is 10.1. The molecule has 0 bridgehead atoms. The molecular formula is C16H19N3O5S. The number of carboxylic acids is 1. The van der Waals surface area contributed by atoms with Crippen LogP contribution in [0.4, 0.5) is 5.00 Å². The Morgan fingerprint density at radius 1 is 1.36 bits per heavy atom. The Bertz CT molecular complexity index is 809. The lowest BCUT2D eigenvalue weighted by Crippen LogP contribution is -2.15. The Labute approximate surface area is 148 Å². The van der Waals surface area contributed by atoms with Crippen molar-refractivity contribution in [3.05, 3.63) is 34.0 Å². The minimum absolute atomic E-state index is 0.208. The van der Waals surface area contributed by atoms with Crippen molar-refractivity contribution in [3.8, 4) is 0 Å². The minimum atomic E-state index is -1.05. The minimum Gasteiger partial charge on any atom is -0.480 e. The summed E-state index contributed by atoms with van der Waals surface area (Å²) in [5, 5.41) is 15.7. The van der Waals surface area contributed by atoms with Crippen molar-refractivity contribution in [2.24, 2.45) is 0 Å². The number of aromatic nitrogens is 2. The number of carboxylic acid groups (broad SMARTS) is 1. The number of hydrogen-bond acceptors (Lipinski definition) is 6. The van der Waals surface area contributed by atoms with Crippen molar-refractivity contribution in [1.29, 1.82) is 0 Å². The molecule has 25 heavy (non-hydrogen) atoms. The number of carbonyl (C=O) groups excluding carboxylic acids is 2.